The van der Waals surface area contributed by atoms with E-state index in [4.69, 9.17) is 4.52 Å². The Morgan fingerprint density at radius 3 is 2.69 bits per heavy atom. The molecule has 1 aromatic carbocycles. The average molecular weight is 215 g/mol. The number of nitrogens with zero attached hydrogens (tertiary/aromatic N) is 1. The molecule has 0 amide bonds. The fraction of sp³-hybridized carbons (Fsp3) is 0.231. The highest BCUT2D eigenvalue weighted by atomic mass is 16.5. The minimum atomic E-state index is 0.358. The SMILES string of the molecule is CCc1onc(-c2ccccc2)c1CC=O. The lowest BCUT2D eigenvalue weighted by Crippen LogP contribution is -1.92. The maximum atomic E-state index is 10.7. The van der Waals surface area contributed by atoms with Crippen LogP contribution in [0.15, 0.2) is 34.9 Å². The van der Waals surface area contributed by atoms with Crippen LogP contribution in [0.1, 0.15) is 18.2 Å². The topological polar surface area (TPSA) is 43.1 Å². The number of carbonyl (C=O) groups excluding carboxylic acids is 1. The van der Waals surface area contributed by atoms with E-state index < -0.39 is 0 Å². The monoisotopic (exact) mass is 215 g/mol. The van der Waals surface area contributed by atoms with E-state index in [-0.39, 0.29) is 0 Å². The Morgan fingerprint density at radius 2 is 2.06 bits per heavy atom. The first-order chi connectivity index (χ1) is 7.86. The van der Waals surface area contributed by atoms with Gasteiger partial charge in [-0.3, -0.25) is 0 Å². The maximum absolute atomic E-state index is 10.7. The molecule has 0 spiro atoms. The zero-order valence-electron chi connectivity index (χ0n) is 9.14. The number of aldehydes is 1. The molecule has 16 heavy (non-hydrogen) atoms. The summed E-state index contributed by atoms with van der Waals surface area (Å²) in [5.41, 5.74) is 2.68. The van der Waals surface area contributed by atoms with Gasteiger partial charge in [0.15, 0.2) is 0 Å². The molecule has 3 nitrogen and oxygen atoms in total. The van der Waals surface area contributed by atoms with Crippen LogP contribution in [0.2, 0.25) is 0 Å². The number of rotatable bonds is 4. The van der Waals surface area contributed by atoms with E-state index >= 15 is 0 Å². The molecule has 0 atom stereocenters. The summed E-state index contributed by atoms with van der Waals surface area (Å²) < 4.78 is 5.24. The fourth-order valence-electron chi connectivity index (χ4n) is 1.74. The Bertz CT molecular complexity index is 474. The molecule has 0 aliphatic rings. The smallest absolute Gasteiger partial charge is 0.140 e. The quantitative estimate of drug-likeness (QED) is 0.736. The number of benzene rings is 1. The van der Waals surface area contributed by atoms with E-state index in [0.29, 0.717) is 6.42 Å². The fourth-order valence-corrected chi connectivity index (χ4v) is 1.74. The number of aryl methyl sites for hydroxylation is 1. The van der Waals surface area contributed by atoms with Gasteiger partial charge in [-0.25, -0.2) is 0 Å². The maximum Gasteiger partial charge on any atom is 0.140 e. The third-order valence-corrected chi connectivity index (χ3v) is 2.53. The van der Waals surface area contributed by atoms with Crippen LogP contribution in [0.5, 0.6) is 0 Å². The van der Waals surface area contributed by atoms with Gasteiger partial charge in [0.2, 0.25) is 0 Å². The second-order valence-corrected chi connectivity index (χ2v) is 3.52. The lowest BCUT2D eigenvalue weighted by Gasteiger charge is -1.98. The number of aromatic nitrogens is 1. The first-order valence-electron chi connectivity index (χ1n) is 5.33. The van der Waals surface area contributed by atoms with E-state index in [2.05, 4.69) is 5.16 Å². The summed E-state index contributed by atoms with van der Waals surface area (Å²) in [7, 11) is 0. The molecule has 1 aromatic heterocycles. The Morgan fingerprint density at radius 1 is 1.31 bits per heavy atom. The first kappa shape index (κ1) is 10.6. The molecule has 2 rings (SSSR count). The van der Waals surface area contributed by atoms with Crippen molar-refractivity contribution in [2.24, 2.45) is 0 Å². The van der Waals surface area contributed by atoms with Gasteiger partial charge in [-0.1, -0.05) is 42.4 Å². The molecule has 0 aliphatic carbocycles. The van der Waals surface area contributed by atoms with Crippen LogP contribution in [0.4, 0.5) is 0 Å². The van der Waals surface area contributed by atoms with Gasteiger partial charge in [0.25, 0.3) is 0 Å². The van der Waals surface area contributed by atoms with Crippen LogP contribution in [0.25, 0.3) is 11.3 Å². The normalized spacial score (nSPS) is 10.3. The van der Waals surface area contributed by atoms with Crippen molar-refractivity contribution in [2.75, 3.05) is 0 Å². The van der Waals surface area contributed by atoms with Crippen LogP contribution >= 0.6 is 0 Å². The summed E-state index contributed by atoms with van der Waals surface area (Å²) in [5.74, 6) is 0.797. The van der Waals surface area contributed by atoms with Gasteiger partial charge in [0.05, 0.1) is 0 Å². The molecule has 0 unspecified atom stereocenters. The second-order valence-electron chi connectivity index (χ2n) is 3.52. The predicted molar refractivity (Wildman–Crippen MR) is 61.1 cm³/mol. The van der Waals surface area contributed by atoms with E-state index in [1.54, 1.807) is 0 Å². The molecule has 2 aromatic rings. The number of hydrogen-bond acceptors (Lipinski definition) is 3. The Labute approximate surface area is 94.1 Å². The lowest BCUT2D eigenvalue weighted by molar-refractivity contribution is -0.107. The van der Waals surface area contributed by atoms with Crippen molar-refractivity contribution in [3.63, 3.8) is 0 Å². The largest absolute Gasteiger partial charge is 0.360 e. The van der Waals surface area contributed by atoms with Gasteiger partial charge in [0, 0.05) is 24.0 Å². The van der Waals surface area contributed by atoms with Crippen molar-refractivity contribution in [3.05, 3.63) is 41.7 Å². The van der Waals surface area contributed by atoms with Gasteiger partial charge in [-0.05, 0) is 0 Å². The van der Waals surface area contributed by atoms with Crippen LogP contribution in [0, 0.1) is 0 Å². The molecule has 0 fully saturated rings. The van der Waals surface area contributed by atoms with Crippen molar-refractivity contribution >= 4 is 6.29 Å². The molecule has 1 heterocycles. The van der Waals surface area contributed by atoms with Crippen molar-refractivity contribution in [1.82, 2.24) is 5.16 Å². The molecule has 0 radical (unpaired) electrons. The highest BCUT2D eigenvalue weighted by molar-refractivity contribution is 5.68. The zero-order valence-corrected chi connectivity index (χ0v) is 9.14. The molecular formula is C13H13NO2. The van der Waals surface area contributed by atoms with Gasteiger partial charge in [0.1, 0.15) is 17.7 Å². The van der Waals surface area contributed by atoms with Gasteiger partial charge in [-0.15, -0.1) is 0 Å². The molecule has 0 aliphatic heterocycles. The molecule has 3 heteroatoms. The van der Waals surface area contributed by atoms with Crippen molar-refractivity contribution < 1.29 is 9.32 Å². The number of hydrogen-bond donors (Lipinski definition) is 0. The van der Waals surface area contributed by atoms with E-state index in [1.165, 1.54) is 0 Å². The molecule has 0 bridgehead atoms. The van der Waals surface area contributed by atoms with E-state index in [9.17, 15) is 4.79 Å². The average Bonchev–Trinajstić information content (AvgIpc) is 2.74. The van der Waals surface area contributed by atoms with E-state index in [1.807, 2.05) is 37.3 Å². The van der Waals surface area contributed by atoms with Crippen molar-refractivity contribution in [2.45, 2.75) is 19.8 Å². The second kappa shape index (κ2) is 4.75. The van der Waals surface area contributed by atoms with Crippen molar-refractivity contribution in [1.29, 1.82) is 0 Å². The molecule has 82 valence electrons. The molecule has 0 saturated heterocycles. The van der Waals surface area contributed by atoms with Gasteiger partial charge in [-0.2, -0.15) is 0 Å². The molecule has 0 N–H and O–H groups in total. The standard InChI is InChI=1S/C13H13NO2/c1-2-12-11(8-9-15)13(14-16-12)10-6-4-3-5-7-10/h3-7,9H,2,8H2,1H3. The number of carbonyl (C=O) groups is 1. The van der Waals surface area contributed by atoms with Crippen LogP contribution in [0.3, 0.4) is 0 Å². The predicted octanol–water partition coefficient (Wildman–Crippen LogP) is 2.65. The lowest BCUT2D eigenvalue weighted by atomic mass is 10.0. The third kappa shape index (κ3) is 1.89. The summed E-state index contributed by atoms with van der Waals surface area (Å²) in [4.78, 5) is 10.7. The highest BCUT2D eigenvalue weighted by Crippen LogP contribution is 2.25. The van der Waals surface area contributed by atoms with Crippen molar-refractivity contribution in [3.8, 4) is 11.3 Å². The minimum absolute atomic E-state index is 0.358. The Hall–Kier alpha value is -1.90. The van der Waals surface area contributed by atoms with E-state index in [0.717, 1.165) is 35.3 Å². The summed E-state index contributed by atoms with van der Waals surface area (Å²) >= 11 is 0. The summed E-state index contributed by atoms with van der Waals surface area (Å²) in [6.45, 7) is 1.99. The summed E-state index contributed by atoms with van der Waals surface area (Å²) in [5, 5.41) is 4.04. The van der Waals surface area contributed by atoms with Gasteiger partial charge < -0.3 is 9.32 Å². The van der Waals surface area contributed by atoms with Crippen LogP contribution < -0.4 is 0 Å². The first-order valence-corrected chi connectivity index (χ1v) is 5.33. The Kier molecular flexibility index (Phi) is 3.15. The minimum Gasteiger partial charge on any atom is -0.360 e. The Balaban J connectivity index is 2.48. The summed E-state index contributed by atoms with van der Waals surface area (Å²) in [6, 6.07) is 9.77. The van der Waals surface area contributed by atoms with Gasteiger partial charge >= 0.3 is 0 Å². The molecular weight excluding hydrogens is 202 g/mol. The highest BCUT2D eigenvalue weighted by Gasteiger charge is 2.15. The zero-order chi connectivity index (χ0) is 11.4. The van der Waals surface area contributed by atoms with Crippen LogP contribution in [-0.4, -0.2) is 11.4 Å². The molecule has 0 saturated carbocycles. The summed E-state index contributed by atoms with van der Waals surface area (Å²) in [6.07, 6.45) is 2.00. The third-order valence-electron chi connectivity index (χ3n) is 2.53. The van der Waals surface area contributed by atoms with Crippen LogP contribution in [-0.2, 0) is 17.6 Å².